The van der Waals surface area contributed by atoms with Crippen molar-refractivity contribution in [3.8, 4) is 5.69 Å². The van der Waals surface area contributed by atoms with Crippen LogP contribution in [0.15, 0.2) is 60.9 Å². The zero-order chi connectivity index (χ0) is 20.6. The Morgan fingerprint density at radius 2 is 1.97 bits per heavy atom. The van der Waals surface area contributed by atoms with Gasteiger partial charge in [0.1, 0.15) is 0 Å². The summed E-state index contributed by atoms with van der Waals surface area (Å²) in [6.45, 7) is 0. The van der Waals surface area contributed by atoms with Gasteiger partial charge in [0.05, 0.1) is 22.9 Å². The molecule has 2 aromatic carbocycles. The highest BCUT2D eigenvalue weighted by Gasteiger charge is 2.33. The normalized spacial score (nSPS) is 16.1. The van der Waals surface area contributed by atoms with Crippen molar-refractivity contribution < 1.29 is 22.8 Å². The fourth-order valence-corrected chi connectivity index (χ4v) is 3.29. The quantitative estimate of drug-likeness (QED) is 0.699. The lowest BCUT2D eigenvalue weighted by Crippen LogP contribution is -2.31. The number of hydrogen-bond donors (Lipinski definition) is 2. The van der Waals surface area contributed by atoms with Gasteiger partial charge in [0, 0.05) is 24.5 Å². The third-order valence-electron chi connectivity index (χ3n) is 4.65. The summed E-state index contributed by atoms with van der Waals surface area (Å²) >= 11 is 0. The number of halogens is 3. The zero-order valence-corrected chi connectivity index (χ0v) is 14.9. The van der Waals surface area contributed by atoms with Gasteiger partial charge in [0.15, 0.2) is 0 Å². The van der Waals surface area contributed by atoms with Gasteiger partial charge in [-0.2, -0.15) is 18.3 Å². The van der Waals surface area contributed by atoms with E-state index < -0.39 is 23.6 Å². The number of aromatic nitrogens is 2. The number of para-hydroxylation sites is 1. The maximum Gasteiger partial charge on any atom is 0.416 e. The summed E-state index contributed by atoms with van der Waals surface area (Å²) in [5.74, 6) is -1.72. The summed E-state index contributed by atoms with van der Waals surface area (Å²) in [4.78, 5) is 24.9. The lowest BCUT2D eigenvalue weighted by Gasteiger charge is -2.25. The second-order valence-corrected chi connectivity index (χ2v) is 6.56. The van der Waals surface area contributed by atoms with E-state index in [1.165, 1.54) is 16.9 Å². The number of benzene rings is 2. The number of anilines is 2. The molecule has 2 heterocycles. The maximum atomic E-state index is 13.2. The maximum absolute atomic E-state index is 13.2. The number of carbonyl (C=O) groups excluding carboxylic acids is 2. The van der Waals surface area contributed by atoms with Crippen LogP contribution in [-0.2, 0) is 15.8 Å². The van der Waals surface area contributed by atoms with Crippen LogP contribution < -0.4 is 10.6 Å². The van der Waals surface area contributed by atoms with Gasteiger partial charge in [0.25, 0.3) is 0 Å². The molecule has 0 radical (unpaired) electrons. The minimum Gasteiger partial charge on any atom is -0.326 e. The number of nitrogens with one attached hydrogen (secondary N) is 2. The van der Waals surface area contributed by atoms with E-state index in [9.17, 15) is 22.8 Å². The standard InChI is InChI=1S/C20H15F3N4O2/c21-20(22,23)12-6-7-17(27-9-3-8-24-27)16(10-12)26-19(29)14-11-18(28)25-15-5-2-1-4-13(14)15/h1-10,14H,11H2,(H,25,28)(H,26,29). The van der Waals surface area contributed by atoms with Crippen molar-refractivity contribution in [3.63, 3.8) is 0 Å². The van der Waals surface area contributed by atoms with Gasteiger partial charge >= 0.3 is 6.18 Å². The molecule has 2 amide bonds. The van der Waals surface area contributed by atoms with E-state index in [1.807, 2.05) is 0 Å². The van der Waals surface area contributed by atoms with E-state index in [0.29, 0.717) is 11.3 Å². The Kier molecular flexibility index (Phi) is 4.57. The highest BCUT2D eigenvalue weighted by atomic mass is 19.4. The Hall–Kier alpha value is -3.62. The molecule has 3 aromatic rings. The number of fused-ring (bicyclic) bond motifs is 1. The van der Waals surface area contributed by atoms with E-state index in [-0.39, 0.29) is 23.7 Å². The van der Waals surface area contributed by atoms with Gasteiger partial charge in [-0.15, -0.1) is 0 Å². The van der Waals surface area contributed by atoms with Crippen LogP contribution >= 0.6 is 0 Å². The number of nitrogens with zero attached hydrogens (tertiary/aromatic N) is 2. The van der Waals surface area contributed by atoms with Crippen molar-refractivity contribution >= 4 is 23.2 Å². The van der Waals surface area contributed by atoms with Crippen molar-refractivity contribution in [2.24, 2.45) is 0 Å². The molecule has 148 valence electrons. The van der Waals surface area contributed by atoms with Crippen molar-refractivity contribution in [1.29, 1.82) is 0 Å². The highest BCUT2D eigenvalue weighted by Crippen LogP contribution is 2.36. The van der Waals surface area contributed by atoms with Crippen LogP contribution in [0, 0.1) is 0 Å². The average molecular weight is 400 g/mol. The van der Waals surface area contributed by atoms with Crippen LogP contribution in [-0.4, -0.2) is 21.6 Å². The molecule has 0 fully saturated rings. The van der Waals surface area contributed by atoms with Gasteiger partial charge in [-0.05, 0) is 35.9 Å². The molecule has 6 nitrogen and oxygen atoms in total. The summed E-state index contributed by atoms with van der Waals surface area (Å²) in [6, 6.07) is 11.5. The number of rotatable bonds is 3. The second-order valence-electron chi connectivity index (χ2n) is 6.56. The summed E-state index contributed by atoms with van der Waals surface area (Å²) in [7, 11) is 0. The molecule has 1 unspecified atom stereocenters. The molecule has 2 N–H and O–H groups in total. The molecule has 1 aliphatic heterocycles. The summed E-state index contributed by atoms with van der Waals surface area (Å²) in [5.41, 5.74) is 0.463. The highest BCUT2D eigenvalue weighted by molar-refractivity contribution is 6.05. The van der Waals surface area contributed by atoms with Gasteiger partial charge in [-0.25, -0.2) is 4.68 Å². The van der Waals surface area contributed by atoms with Crippen molar-refractivity contribution in [1.82, 2.24) is 9.78 Å². The Bertz CT molecular complexity index is 1080. The third-order valence-corrected chi connectivity index (χ3v) is 4.65. The van der Waals surface area contributed by atoms with E-state index in [0.717, 1.165) is 12.1 Å². The van der Waals surface area contributed by atoms with Crippen molar-refractivity contribution in [2.45, 2.75) is 18.5 Å². The van der Waals surface area contributed by atoms with Gasteiger partial charge in [0.2, 0.25) is 11.8 Å². The fourth-order valence-electron chi connectivity index (χ4n) is 3.29. The van der Waals surface area contributed by atoms with Crippen LogP contribution in [0.1, 0.15) is 23.5 Å². The lowest BCUT2D eigenvalue weighted by atomic mass is 9.89. The SMILES string of the molecule is O=C1CC(C(=O)Nc2cc(C(F)(F)F)ccc2-n2cccn2)c2ccccc2N1. The minimum atomic E-state index is -4.57. The monoisotopic (exact) mass is 400 g/mol. The molecule has 0 saturated carbocycles. The second kappa shape index (κ2) is 7.08. The Morgan fingerprint density at radius 1 is 1.17 bits per heavy atom. The van der Waals surface area contributed by atoms with E-state index >= 15 is 0 Å². The van der Waals surface area contributed by atoms with Crippen molar-refractivity contribution in [2.75, 3.05) is 10.6 Å². The predicted octanol–water partition coefficient (Wildman–Crippen LogP) is 3.96. The Morgan fingerprint density at radius 3 is 2.69 bits per heavy atom. The zero-order valence-electron chi connectivity index (χ0n) is 14.9. The van der Waals surface area contributed by atoms with Crippen molar-refractivity contribution in [3.05, 3.63) is 72.1 Å². The average Bonchev–Trinajstić information content (AvgIpc) is 3.21. The van der Waals surface area contributed by atoms with Gasteiger partial charge < -0.3 is 10.6 Å². The van der Waals surface area contributed by atoms with Crippen LogP contribution in [0.5, 0.6) is 0 Å². The molecule has 0 spiro atoms. The first-order valence-corrected chi connectivity index (χ1v) is 8.74. The molecule has 1 aliphatic rings. The van der Waals surface area contributed by atoms with E-state index in [4.69, 9.17) is 0 Å². The Balaban J connectivity index is 1.72. The molecular formula is C20H15F3N4O2. The number of hydrogen-bond acceptors (Lipinski definition) is 3. The molecule has 29 heavy (non-hydrogen) atoms. The lowest BCUT2D eigenvalue weighted by molar-refractivity contribution is -0.137. The van der Waals surface area contributed by atoms with E-state index in [2.05, 4.69) is 15.7 Å². The molecule has 0 bridgehead atoms. The molecule has 1 aromatic heterocycles. The van der Waals surface area contributed by atoms with Crippen LogP contribution in [0.4, 0.5) is 24.5 Å². The van der Waals surface area contributed by atoms with Crippen LogP contribution in [0.3, 0.4) is 0 Å². The summed E-state index contributed by atoms with van der Waals surface area (Å²) < 4.78 is 40.9. The summed E-state index contributed by atoms with van der Waals surface area (Å²) in [5, 5.41) is 9.28. The number of alkyl halides is 3. The smallest absolute Gasteiger partial charge is 0.326 e. The first kappa shape index (κ1) is 18.7. The number of carbonyl (C=O) groups is 2. The third kappa shape index (κ3) is 3.71. The van der Waals surface area contributed by atoms with E-state index in [1.54, 1.807) is 36.5 Å². The molecule has 0 aliphatic carbocycles. The minimum absolute atomic E-state index is 0.0445. The molecule has 0 saturated heterocycles. The predicted molar refractivity (Wildman–Crippen MR) is 99.6 cm³/mol. The largest absolute Gasteiger partial charge is 0.416 e. The van der Waals surface area contributed by atoms with Gasteiger partial charge in [-0.3, -0.25) is 9.59 Å². The Labute approximate surface area is 163 Å². The molecule has 4 rings (SSSR count). The van der Waals surface area contributed by atoms with Crippen LogP contribution in [0.25, 0.3) is 5.69 Å². The fraction of sp³-hybridized carbons (Fsp3) is 0.150. The molecule has 1 atom stereocenters. The molecular weight excluding hydrogens is 385 g/mol. The first-order chi connectivity index (χ1) is 13.8. The van der Waals surface area contributed by atoms with Gasteiger partial charge in [-0.1, -0.05) is 18.2 Å². The summed E-state index contributed by atoms with van der Waals surface area (Å²) in [6.07, 6.45) is -1.63. The molecule has 9 heteroatoms. The van der Waals surface area contributed by atoms with Crippen LogP contribution in [0.2, 0.25) is 0 Å². The first-order valence-electron chi connectivity index (χ1n) is 8.74. The number of amides is 2. The topological polar surface area (TPSA) is 76.0 Å².